The predicted molar refractivity (Wildman–Crippen MR) is 252 cm³/mol. The zero-order valence-electron chi connectivity index (χ0n) is 34.3. The van der Waals surface area contributed by atoms with Crippen molar-refractivity contribution in [3.8, 4) is 95.9 Å². The van der Waals surface area contributed by atoms with Gasteiger partial charge in [0.05, 0.1) is 11.6 Å². The number of benzene rings is 8. The van der Waals surface area contributed by atoms with Gasteiger partial charge in [0.1, 0.15) is 0 Å². The number of hydrogen-bond acceptors (Lipinski definition) is 4. The van der Waals surface area contributed by atoms with Crippen LogP contribution in [0.25, 0.3) is 89.8 Å². The van der Waals surface area contributed by atoms with Crippen LogP contribution in [-0.4, -0.2) is 15.0 Å². The Labute approximate surface area is 362 Å². The maximum absolute atomic E-state index is 9.86. The van der Waals surface area contributed by atoms with Crippen molar-refractivity contribution >= 4 is 0 Å². The summed E-state index contributed by atoms with van der Waals surface area (Å²) in [4.78, 5) is 14.9. The zero-order valence-corrected chi connectivity index (χ0v) is 34.3. The fourth-order valence-electron chi connectivity index (χ4n) is 9.88. The van der Waals surface area contributed by atoms with E-state index in [0.29, 0.717) is 17.5 Å². The maximum atomic E-state index is 9.86. The first kappa shape index (κ1) is 37.3. The second-order valence-corrected chi connectivity index (χ2v) is 16.6. The van der Waals surface area contributed by atoms with Gasteiger partial charge in [-0.25, -0.2) is 15.0 Å². The molecule has 0 bridgehead atoms. The molecule has 11 rings (SSSR count). The van der Waals surface area contributed by atoms with Crippen LogP contribution in [0.15, 0.2) is 194 Å². The standard InChI is InChI=1S/C58H42N4/c59-38-39-20-33-52-51(36-39)54-50(18-11-19-53(54)58(52)34-8-3-9-35-58)44-27-21-42(22-28-44)48-16-10-17-49(37-48)43-25-31-47(32-26-43)57-61-55(45-14-6-2-7-15-45)60-56(62-57)46-29-23-41(24-30-46)40-12-4-1-5-13-40/h1-2,4-7,10-33,36-37H,3,8-9,34-35H2. The summed E-state index contributed by atoms with van der Waals surface area (Å²) >= 11 is 0. The van der Waals surface area contributed by atoms with E-state index in [9.17, 15) is 5.26 Å². The van der Waals surface area contributed by atoms with Gasteiger partial charge in [0, 0.05) is 22.1 Å². The monoisotopic (exact) mass is 794 g/mol. The molecule has 8 aromatic carbocycles. The van der Waals surface area contributed by atoms with Gasteiger partial charge in [-0.2, -0.15) is 5.26 Å². The number of hydrogen-bond donors (Lipinski definition) is 0. The SMILES string of the molecule is N#Cc1ccc2c(c1)-c1c(-c3ccc(-c4cccc(-c5ccc(-c6nc(-c7ccccc7)nc(-c7ccc(-c8ccccc8)cc7)n6)cc5)c4)cc3)cccc1C21CCCCC1. The first-order valence-electron chi connectivity index (χ1n) is 21.6. The highest BCUT2D eigenvalue weighted by molar-refractivity contribution is 5.93. The van der Waals surface area contributed by atoms with E-state index >= 15 is 0 Å². The topological polar surface area (TPSA) is 62.5 Å². The molecule has 0 unspecified atom stereocenters. The lowest BCUT2D eigenvalue weighted by Crippen LogP contribution is -2.28. The number of nitriles is 1. The fraction of sp³-hybridized carbons (Fsp3) is 0.103. The molecule has 1 spiro atoms. The minimum atomic E-state index is 0.0424. The van der Waals surface area contributed by atoms with E-state index in [0.717, 1.165) is 44.5 Å². The minimum absolute atomic E-state index is 0.0424. The van der Waals surface area contributed by atoms with Crippen LogP contribution < -0.4 is 0 Å². The largest absolute Gasteiger partial charge is 0.208 e. The number of rotatable bonds is 7. The van der Waals surface area contributed by atoms with Crippen molar-refractivity contribution in [3.05, 3.63) is 211 Å². The molecule has 1 fully saturated rings. The van der Waals surface area contributed by atoms with Crippen LogP contribution in [0.1, 0.15) is 48.8 Å². The van der Waals surface area contributed by atoms with E-state index < -0.39 is 0 Å². The summed E-state index contributed by atoms with van der Waals surface area (Å²) in [5.74, 6) is 1.91. The van der Waals surface area contributed by atoms with E-state index in [1.54, 1.807) is 0 Å². The first-order valence-corrected chi connectivity index (χ1v) is 21.6. The second-order valence-electron chi connectivity index (χ2n) is 16.6. The smallest absolute Gasteiger partial charge is 0.164 e. The Bertz CT molecular complexity index is 3120. The normalized spacial score (nSPS) is 13.6. The van der Waals surface area contributed by atoms with E-state index in [1.165, 1.54) is 76.6 Å². The molecule has 1 heterocycles. The molecule has 62 heavy (non-hydrogen) atoms. The molecule has 1 aromatic heterocycles. The van der Waals surface area contributed by atoms with Gasteiger partial charge >= 0.3 is 0 Å². The predicted octanol–water partition coefficient (Wildman–Crippen LogP) is 14.6. The van der Waals surface area contributed by atoms with Gasteiger partial charge in [-0.3, -0.25) is 0 Å². The van der Waals surface area contributed by atoms with Crippen LogP contribution in [-0.2, 0) is 5.41 Å². The lowest BCUT2D eigenvalue weighted by Gasteiger charge is -2.36. The third-order valence-electron chi connectivity index (χ3n) is 13.0. The molecule has 294 valence electrons. The highest BCUT2D eigenvalue weighted by Gasteiger charge is 2.44. The molecule has 4 heteroatoms. The van der Waals surface area contributed by atoms with Gasteiger partial charge < -0.3 is 0 Å². The summed E-state index contributed by atoms with van der Waals surface area (Å²) in [6.07, 6.45) is 6.10. The lowest BCUT2D eigenvalue weighted by atomic mass is 9.67. The molecule has 4 nitrogen and oxygen atoms in total. The third-order valence-corrected chi connectivity index (χ3v) is 13.0. The molecular weight excluding hydrogens is 753 g/mol. The number of fused-ring (bicyclic) bond motifs is 5. The number of nitrogens with zero attached hydrogens (tertiary/aromatic N) is 4. The zero-order chi connectivity index (χ0) is 41.5. The molecule has 0 saturated heterocycles. The summed E-state index contributed by atoms with van der Waals surface area (Å²) in [5.41, 5.74) is 18.3. The first-order chi connectivity index (χ1) is 30.6. The van der Waals surface area contributed by atoms with Crippen molar-refractivity contribution in [1.82, 2.24) is 15.0 Å². The van der Waals surface area contributed by atoms with Crippen LogP contribution in [0.5, 0.6) is 0 Å². The molecule has 2 aliphatic carbocycles. The van der Waals surface area contributed by atoms with E-state index in [4.69, 9.17) is 15.0 Å². The van der Waals surface area contributed by atoms with Crippen molar-refractivity contribution in [1.29, 1.82) is 5.26 Å². The van der Waals surface area contributed by atoms with E-state index in [2.05, 4.69) is 158 Å². The maximum Gasteiger partial charge on any atom is 0.164 e. The summed E-state index contributed by atoms with van der Waals surface area (Å²) < 4.78 is 0. The highest BCUT2D eigenvalue weighted by atomic mass is 15.0. The molecule has 1 saturated carbocycles. The van der Waals surface area contributed by atoms with Crippen molar-refractivity contribution < 1.29 is 0 Å². The second kappa shape index (κ2) is 15.7. The Balaban J connectivity index is 0.887. The van der Waals surface area contributed by atoms with Crippen molar-refractivity contribution in [2.75, 3.05) is 0 Å². The molecule has 0 aliphatic heterocycles. The van der Waals surface area contributed by atoms with Crippen molar-refractivity contribution in [2.45, 2.75) is 37.5 Å². The van der Waals surface area contributed by atoms with Crippen LogP contribution in [0.2, 0.25) is 0 Å². The molecule has 0 amide bonds. The Morgan fingerprint density at radius 3 is 1.37 bits per heavy atom. The van der Waals surface area contributed by atoms with Gasteiger partial charge in [0.15, 0.2) is 17.5 Å². The van der Waals surface area contributed by atoms with Crippen LogP contribution in [0, 0.1) is 11.3 Å². The number of aromatic nitrogens is 3. The van der Waals surface area contributed by atoms with Crippen LogP contribution >= 0.6 is 0 Å². The average molecular weight is 795 g/mol. The van der Waals surface area contributed by atoms with Gasteiger partial charge in [-0.15, -0.1) is 0 Å². The van der Waals surface area contributed by atoms with Crippen LogP contribution in [0.3, 0.4) is 0 Å². The van der Waals surface area contributed by atoms with Gasteiger partial charge in [0.2, 0.25) is 0 Å². The fourth-order valence-corrected chi connectivity index (χ4v) is 9.88. The Morgan fingerprint density at radius 1 is 0.355 bits per heavy atom. The molecule has 0 N–H and O–H groups in total. The van der Waals surface area contributed by atoms with Crippen LogP contribution in [0.4, 0.5) is 0 Å². The quantitative estimate of drug-likeness (QED) is 0.161. The highest BCUT2D eigenvalue weighted by Crippen LogP contribution is 2.58. The van der Waals surface area contributed by atoms with Crippen molar-refractivity contribution in [3.63, 3.8) is 0 Å². The summed E-state index contributed by atoms with van der Waals surface area (Å²) in [6.45, 7) is 0. The average Bonchev–Trinajstić information content (AvgIpc) is 3.62. The lowest BCUT2D eigenvalue weighted by molar-refractivity contribution is 0.353. The molecule has 0 radical (unpaired) electrons. The summed E-state index contributed by atoms with van der Waals surface area (Å²) in [5, 5.41) is 9.86. The van der Waals surface area contributed by atoms with Crippen molar-refractivity contribution in [2.24, 2.45) is 0 Å². The molecule has 9 aromatic rings. The van der Waals surface area contributed by atoms with E-state index in [1.807, 2.05) is 42.5 Å². The third kappa shape index (κ3) is 6.69. The van der Waals surface area contributed by atoms with E-state index in [-0.39, 0.29) is 5.41 Å². The minimum Gasteiger partial charge on any atom is -0.208 e. The van der Waals surface area contributed by atoms with Gasteiger partial charge in [-0.1, -0.05) is 195 Å². The molecular formula is C58H42N4. The summed E-state index contributed by atoms with van der Waals surface area (Å²) in [6, 6.07) is 70.8. The Kier molecular flexibility index (Phi) is 9.44. The Morgan fingerprint density at radius 2 is 0.806 bits per heavy atom. The van der Waals surface area contributed by atoms with Gasteiger partial charge in [0.25, 0.3) is 0 Å². The summed E-state index contributed by atoms with van der Waals surface area (Å²) in [7, 11) is 0. The molecule has 0 atom stereocenters. The van der Waals surface area contributed by atoms with Gasteiger partial charge in [-0.05, 0) is 97.8 Å². The molecule has 2 aliphatic rings. The Hall–Kier alpha value is -7.74.